The number of carbonyl (C=O) groups is 1. The number of halogens is 1. The van der Waals surface area contributed by atoms with Gasteiger partial charge in [0.15, 0.2) is 0 Å². The van der Waals surface area contributed by atoms with Gasteiger partial charge in [0.05, 0.1) is 0 Å². The number of carboxylic acid groups (broad SMARTS) is 1. The van der Waals surface area contributed by atoms with Crippen molar-refractivity contribution >= 4 is 17.6 Å². The molecular weight excluding hydrogens is 262 g/mol. The Bertz CT molecular complexity index is 450. The molecule has 104 valence electrons. The van der Waals surface area contributed by atoms with Crippen molar-refractivity contribution in [2.75, 3.05) is 13.1 Å². The lowest BCUT2D eigenvalue weighted by molar-refractivity contribution is -0.137. The van der Waals surface area contributed by atoms with Crippen LogP contribution in [0.4, 0.5) is 0 Å². The van der Waals surface area contributed by atoms with Gasteiger partial charge in [0.25, 0.3) is 0 Å². The summed E-state index contributed by atoms with van der Waals surface area (Å²) in [6.07, 6.45) is 2.16. The molecule has 1 aliphatic heterocycles. The summed E-state index contributed by atoms with van der Waals surface area (Å²) in [5.74, 6) is -0.181. The van der Waals surface area contributed by atoms with E-state index in [4.69, 9.17) is 16.7 Å². The lowest BCUT2D eigenvalue weighted by Crippen LogP contribution is -2.24. The Labute approximate surface area is 119 Å². The minimum absolute atomic E-state index is 0.282. The minimum atomic E-state index is -0.693. The normalized spacial score (nSPS) is 21.5. The summed E-state index contributed by atoms with van der Waals surface area (Å²) in [7, 11) is 0. The molecule has 1 heterocycles. The molecule has 0 amide bonds. The summed E-state index contributed by atoms with van der Waals surface area (Å²) in [5.41, 5.74) is 1.23. The maximum absolute atomic E-state index is 10.6. The summed E-state index contributed by atoms with van der Waals surface area (Å²) >= 11 is 6.03. The summed E-state index contributed by atoms with van der Waals surface area (Å²) < 4.78 is 0. The first-order chi connectivity index (χ1) is 9.06. The van der Waals surface area contributed by atoms with Crippen molar-refractivity contribution in [2.24, 2.45) is 5.92 Å². The highest BCUT2D eigenvalue weighted by molar-refractivity contribution is 6.30. The summed E-state index contributed by atoms with van der Waals surface area (Å²) in [4.78, 5) is 13.0. The standard InChI is InChI=1S/C15H20ClNO2/c1-11(13-3-2-4-14(16)9-13)17-8-7-12(10-17)5-6-15(18)19/h2-4,9,11-12H,5-8,10H2,1H3,(H,18,19). The first kappa shape index (κ1) is 14.4. The molecule has 2 rings (SSSR count). The summed E-state index contributed by atoms with van der Waals surface area (Å²) in [6.45, 7) is 4.21. The van der Waals surface area contributed by atoms with Gasteiger partial charge >= 0.3 is 5.97 Å². The SMILES string of the molecule is CC(c1cccc(Cl)c1)N1CCC(CCC(=O)O)C1. The van der Waals surface area contributed by atoms with Gasteiger partial charge in [0.1, 0.15) is 0 Å². The van der Waals surface area contributed by atoms with Crippen LogP contribution in [0.2, 0.25) is 5.02 Å². The van der Waals surface area contributed by atoms with Crippen molar-refractivity contribution in [3.05, 3.63) is 34.9 Å². The third kappa shape index (κ3) is 3.95. The van der Waals surface area contributed by atoms with E-state index in [2.05, 4.69) is 17.9 Å². The third-order valence-corrected chi connectivity index (χ3v) is 4.20. The fourth-order valence-electron chi connectivity index (χ4n) is 2.75. The second-order valence-corrected chi connectivity index (χ2v) is 5.75. The van der Waals surface area contributed by atoms with Crippen LogP contribution < -0.4 is 0 Å². The molecule has 2 unspecified atom stereocenters. The molecule has 3 nitrogen and oxygen atoms in total. The number of carboxylic acids is 1. The fourth-order valence-corrected chi connectivity index (χ4v) is 2.95. The van der Waals surface area contributed by atoms with E-state index in [0.717, 1.165) is 31.0 Å². The van der Waals surface area contributed by atoms with E-state index in [0.29, 0.717) is 12.0 Å². The van der Waals surface area contributed by atoms with Crippen molar-refractivity contribution in [3.8, 4) is 0 Å². The van der Waals surface area contributed by atoms with Crippen molar-refractivity contribution < 1.29 is 9.90 Å². The van der Waals surface area contributed by atoms with Crippen LogP contribution in [0.25, 0.3) is 0 Å². The zero-order chi connectivity index (χ0) is 13.8. The smallest absolute Gasteiger partial charge is 0.303 e. The molecule has 1 aromatic carbocycles. The van der Waals surface area contributed by atoms with Crippen molar-refractivity contribution in [3.63, 3.8) is 0 Å². The number of benzene rings is 1. The number of hydrogen-bond donors (Lipinski definition) is 1. The van der Waals surface area contributed by atoms with Gasteiger partial charge in [-0.3, -0.25) is 9.69 Å². The third-order valence-electron chi connectivity index (χ3n) is 3.96. The predicted octanol–water partition coefficient (Wildman–Crippen LogP) is 3.59. The van der Waals surface area contributed by atoms with Crippen LogP contribution in [0.1, 0.15) is 37.8 Å². The predicted molar refractivity (Wildman–Crippen MR) is 76.4 cm³/mol. The van der Waals surface area contributed by atoms with E-state index in [-0.39, 0.29) is 6.42 Å². The number of aliphatic carboxylic acids is 1. The van der Waals surface area contributed by atoms with E-state index in [1.165, 1.54) is 5.56 Å². The molecule has 0 saturated carbocycles. The second-order valence-electron chi connectivity index (χ2n) is 5.31. The molecule has 1 fully saturated rings. The zero-order valence-electron chi connectivity index (χ0n) is 11.2. The number of likely N-dealkylation sites (tertiary alicyclic amines) is 1. The number of nitrogens with zero attached hydrogens (tertiary/aromatic N) is 1. The number of rotatable bonds is 5. The second kappa shape index (κ2) is 6.40. The lowest BCUT2D eigenvalue weighted by Gasteiger charge is -2.25. The lowest BCUT2D eigenvalue weighted by atomic mass is 10.0. The summed E-state index contributed by atoms with van der Waals surface area (Å²) in [5, 5.41) is 9.50. The molecule has 0 spiro atoms. The molecule has 1 saturated heterocycles. The molecule has 0 aromatic heterocycles. The zero-order valence-corrected chi connectivity index (χ0v) is 11.9. The highest BCUT2D eigenvalue weighted by Crippen LogP contribution is 2.30. The maximum atomic E-state index is 10.6. The maximum Gasteiger partial charge on any atom is 0.303 e. The molecule has 4 heteroatoms. The van der Waals surface area contributed by atoms with Crippen LogP contribution in [0, 0.1) is 5.92 Å². The molecule has 1 aliphatic rings. The molecule has 19 heavy (non-hydrogen) atoms. The molecule has 0 aliphatic carbocycles. The van der Waals surface area contributed by atoms with Gasteiger partial charge in [0.2, 0.25) is 0 Å². The number of hydrogen-bond acceptors (Lipinski definition) is 2. The Balaban J connectivity index is 1.91. The molecule has 0 bridgehead atoms. The monoisotopic (exact) mass is 281 g/mol. The topological polar surface area (TPSA) is 40.5 Å². The minimum Gasteiger partial charge on any atom is -0.481 e. The van der Waals surface area contributed by atoms with Crippen LogP contribution in [0.3, 0.4) is 0 Å². The fraction of sp³-hybridized carbons (Fsp3) is 0.533. The van der Waals surface area contributed by atoms with E-state index in [9.17, 15) is 4.79 Å². The Kier molecular flexibility index (Phi) is 4.83. The Morgan fingerprint density at radius 3 is 3.05 bits per heavy atom. The first-order valence-corrected chi connectivity index (χ1v) is 7.15. The molecular formula is C15H20ClNO2. The van der Waals surface area contributed by atoms with E-state index in [1.54, 1.807) is 0 Å². The highest BCUT2D eigenvalue weighted by atomic mass is 35.5. The van der Waals surface area contributed by atoms with Crippen LogP contribution in [0.15, 0.2) is 24.3 Å². The Morgan fingerprint density at radius 1 is 1.58 bits per heavy atom. The highest BCUT2D eigenvalue weighted by Gasteiger charge is 2.26. The van der Waals surface area contributed by atoms with Gasteiger partial charge in [0, 0.05) is 24.0 Å². The van der Waals surface area contributed by atoms with Gasteiger partial charge in [-0.05, 0) is 49.9 Å². The van der Waals surface area contributed by atoms with Gasteiger partial charge in [-0.2, -0.15) is 0 Å². The van der Waals surface area contributed by atoms with Crippen LogP contribution in [-0.4, -0.2) is 29.1 Å². The van der Waals surface area contributed by atoms with E-state index < -0.39 is 5.97 Å². The van der Waals surface area contributed by atoms with Crippen LogP contribution >= 0.6 is 11.6 Å². The van der Waals surface area contributed by atoms with E-state index in [1.807, 2.05) is 18.2 Å². The molecule has 2 atom stereocenters. The van der Waals surface area contributed by atoms with Gasteiger partial charge in [-0.15, -0.1) is 0 Å². The average molecular weight is 282 g/mol. The Morgan fingerprint density at radius 2 is 2.37 bits per heavy atom. The van der Waals surface area contributed by atoms with Crippen molar-refractivity contribution in [2.45, 2.75) is 32.2 Å². The van der Waals surface area contributed by atoms with Crippen molar-refractivity contribution in [1.29, 1.82) is 0 Å². The van der Waals surface area contributed by atoms with Gasteiger partial charge in [-0.1, -0.05) is 23.7 Å². The van der Waals surface area contributed by atoms with Crippen molar-refractivity contribution in [1.82, 2.24) is 4.90 Å². The van der Waals surface area contributed by atoms with E-state index >= 15 is 0 Å². The van der Waals surface area contributed by atoms with Gasteiger partial charge in [-0.25, -0.2) is 0 Å². The van der Waals surface area contributed by atoms with Crippen LogP contribution in [0.5, 0.6) is 0 Å². The molecule has 1 aromatic rings. The van der Waals surface area contributed by atoms with Gasteiger partial charge < -0.3 is 5.11 Å². The Hall–Kier alpha value is -1.06. The largest absolute Gasteiger partial charge is 0.481 e. The molecule has 0 radical (unpaired) electrons. The first-order valence-electron chi connectivity index (χ1n) is 6.77. The average Bonchev–Trinajstić information content (AvgIpc) is 2.84. The quantitative estimate of drug-likeness (QED) is 0.897. The molecule has 1 N–H and O–H groups in total. The summed E-state index contributed by atoms with van der Waals surface area (Å²) in [6, 6.07) is 8.31. The van der Waals surface area contributed by atoms with Crippen LogP contribution in [-0.2, 0) is 4.79 Å².